The molecule has 6 heteroatoms. The van der Waals surface area contributed by atoms with E-state index >= 15 is 0 Å². The SMILES string of the molecule is C=N/C=C(\C=C/C)c1cnc(N)c(C(=O)O)n1. The van der Waals surface area contributed by atoms with E-state index in [2.05, 4.69) is 21.7 Å². The first kappa shape index (κ1) is 12.6. The first-order valence-corrected chi connectivity index (χ1v) is 4.75. The number of allylic oxidation sites excluding steroid dienone is 3. The summed E-state index contributed by atoms with van der Waals surface area (Å²) in [7, 11) is 0. The maximum absolute atomic E-state index is 10.9. The van der Waals surface area contributed by atoms with E-state index in [1.54, 1.807) is 12.2 Å². The highest BCUT2D eigenvalue weighted by Gasteiger charge is 2.13. The molecular weight excluding hydrogens is 220 g/mol. The van der Waals surface area contributed by atoms with Crippen molar-refractivity contribution in [3.63, 3.8) is 0 Å². The molecule has 88 valence electrons. The molecule has 0 fully saturated rings. The van der Waals surface area contributed by atoms with E-state index in [0.717, 1.165) is 0 Å². The molecule has 0 spiro atoms. The molecule has 3 N–H and O–H groups in total. The third-order valence-electron chi connectivity index (χ3n) is 1.88. The van der Waals surface area contributed by atoms with Crippen molar-refractivity contribution in [3.8, 4) is 0 Å². The van der Waals surface area contributed by atoms with Crippen LogP contribution < -0.4 is 5.73 Å². The van der Waals surface area contributed by atoms with Gasteiger partial charge in [0, 0.05) is 11.8 Å². The van der Waals surface area contributed by atoms with E-state index in [9.17, 15) is 4.79 Å². The fraction of sp³-hybridized carbons (Fsp3) is 0.0909. The summed E-state index contributed by atoms with van der Waals surface area (Å²) < 4.78 is 0. The van der Waals surface area contributed by atoms with Crippen LogP contribution in [0, 0.1) is 0 Å². The van der Waals surface area contributed by atoms with E-state index < -0.39 is 5.97 Å². The molecule has 1 aromatic heterocycles. The standard InChI is InChI=1S/C11H12N4O2/c1-3-4-7(5-13-2)8-6-14-10(12)9(15-8)11(16)17/h3-6H,2H2,1H3,(H2,12,14)(H,16,17)/b4-3-,7-5+. The number of anilines is 1. The normalized spacial score (nSPS) is 11.7. The van der Waals surface area contributed by atoms with Crippen LogP contribution in [-0.4, -0.2) is 27.8 Å². The van der Waals surface area contributed by atoms with Gasteiger partial charge in [-0.2, -0.15) is 0 Å². The molecule has 0 amide bonds. The van der Waals surface area contributed by atoms with Crippen molar-refractivity contribution in [2.75, 3.05) is 5.73 Å². The van der Waals surface area contributed by atoms with E-state index in [4.69, 9.17) is 10.8 Å². The van der Waals surface area contributed by atoms with Crippen LogP contribution in [0.4, 0.5) is 5.82 Å². The number of hydrogen-bond acceptors (Lipinski definition) is 5. The zero-order valence-corrected chi connectivity index (χ0v) is 9.29. The van der Waals surface area contributed by atoms with Gasteiger partial charge in [-0.1, -0.05) is 12.2 Å². The van der Waals surface area contributed by atoms with Crippen LogP contribution in [0.5, 0.6) is 0 Å². The fourth-order valence-corrected chi connectivity index (χ4v) is 1.17. The Balaban J connectivity index is 3.31. The molecule has 0 saturated heterocycles. The van der Waals surface area contributed by atoms with Gasteiger partial charge in [-0.25, -0.2) is 14.8 Å². The van der Waals surface area contributed by atoms with Gasteiger partial charge in [0.05, 0.1) is 11.9 Å². The predicted octanol–water partition coefficient (Wildman–Crippen LogP) is 1.37. The molecule has 0 bridgehead atoms. The Morgan fingerprint density at radius 1 is 1.65 bits per heavy atom. The summed E-state index contributed by atoms with van der Waals surface area (Å²) in [5.41, 5.74) is 6.12. The van der Waals surface area contributed by atoms with E-state index in [1.165, 1.54) is 12.4 Å². The molecule has 6 nitrogen and oxygen atoms in total. The number of carboxylic acids is 1. The number of carbonyl (C=O) groups is 1. The first-order valence-electron chi connectivity index (χ1n) is 4.75. The van der Waals surface area contributed by atoms with Gasteiger partial charge in [-0.05, 0) is 13.6 Å². The van der Waals surface area contributed by atoms with Gasteiger partial charge in [0.25, 0.3) is 0 Å². The molecule has 0 unspecified atom stereocenters. The van der Waals surface area contributed by atoms with Crippen molar-refractivity contribution in [2.24, 2.45) is 4.99 Å². The van der Waals surface area contributed by atoms with Gasteiger partial charge in [-0.15, -0.1) is 0 Å². The van der Waals surface area contributed by atoms with Crippen molar-refractivity contribution in [1.29, 1.82) is 0 Å². The van der Waals surface area contributed by atoms with Crippen LogP contribution in [0.15, 0.2) is 29.5 Å². The highest BCUT2D eigenvalue weighted by molar-refractivity contribution is 5.90. The predicted molar refractivity (Wildman–Crippen MR) is 65.7 cm³/mol. The number of aromatic carboxylic acids is 1. The molecule has 0 aliphatic heterocycles. The summed E-state index contributed by atoms with van der Waals surface area (Å²) in [6.07, 6.45) is 6.35. The van der Waals surface area contributed by atoms with Crippen LogP contribution in [0.25, 0.3) is 5.57 Å². The minimum absolute atomic E-state index is 0.118. The van der Waals surface area contributed by atoms with Crippen LogP contribution in [0.2, 0.25) is 0 Å². The molecular formula is C11H12N4O2. The molecule has 0 aliphatic rings. The highest BCUT2D eigenvalue weighted by Crippen LogP contribution is 2.15. The lowest BCUT2D eigenvalue weighted by atomic mass is 10.2. The molecule has 0 aromatic carbocycles. The lowest BCUT2D eigenvalue weighted by Crippen LogP contribution is -2.09. The molecule has 0 aliphatic carbocycles. The molecule has 0 atom stereocenters. The molecule has 0 saturated carbocycles. The minimum Gasteiger partial charge on any atom is -0.476 e. The van der Waals surface area contributed by atoms with Gasteiger partial charge in [0.1, 0.15) is 0 Å². The number of nitrogens with zero attached hydrogens (tertiary/aromatic N) is 3. The number of aliphatic imine (C=N–C) groups is 1. The van der Waals surface area contributed by atoms with Gasteiger partial charge in [0.15, 0.2) is 11.5 Å². The second kappa shape index (κ2) is 5.55. The Hall–Kier alpha value is -2.50. The largest absolute Gasteiger partial charge is 0.476 e. The van der Waals surface area contributed by atoms with Crippen LogP contribution >= 0.6 is 0 Å². The third-order valence-corrected chi connectivity index (χ3v) is 1.88. The fourth-order valence-electron chi connectivity index (χ4n) is 1.17. The Labute approximate surface area is 98.2 Å². The third kappa shape index (κ3) is 2.97. The maximum Gasteiger partial charge on any atom is 0.358 e. The van der Waals surface area contributed by atoms with Crippen molar-refractivity contribution in [2.45, 2.75) is 6.92 Å². The van der Waals surface area contributed by atoms with E-state index in [0.29, 0.717) is 11.3 Å². The Morgan fingerprint density at radius 2 is 2.35 bits per heavy atom. The van der Waals surface area contributed by atoms with Gasteiger partial charge >= 0.3 is 5.97 Å². The average molecular weight is 232 g/mol. The zero-order chi connectivity index (χ0) is 12.8. The van der Waals surface area contributed by atoms with Gasteiger partial charge in [-0.3, -0.25) is 4.99 Å². The monoisotopic (exact) mass is 232 g/mol. The lowest BCUT2D eigenvalue weighted by molar-refractivity contribution is 0.0691. The van der Waals surface area contributed by atoms with Crippen LogP contribution in [0.3, 0.4) is 0 Å². The molecule has 1 rings (SSSR count). The summed E-state index contributed by atoms with van der Waals surface area (Å²) in [5, 5.41) is 8.88. The number of hydrogen-bond donors (Lipinski definition) is 2. The van der Waals surface area contributed by atoms with Crippen molar-refractivity contribution in [1.82, 2.24) is 9.97 Å². The van der Waals surface area contributed by atoms with Crippen LogP contribution in [0.1, 0.15) is 23.1 Å². The molecule has 17 heavy (non-hydrogen) atoms. The van der Waals surface area contributed by atoms with E-state index in [-0.39, 0.29) is 11.5 Å². The maximum atomic E-state index is 10.9. The molecule has 1 aromatic rings. The summed E-state index contributed by atoms with van der Waals surface area (Å²) in [6.45, 7) is 5.15. The summed E-state index contributed by atoms with van der Waals surface area (Å²) in [4.78, 5) is 22.2. The minimum atomic E-state index is -1.22. The Bertz CT molecular complexity index is 506. The topological polar surface area (TPSA) is 101 Å². The zero-order valence-electron chi connectivity index (χ0n) is 9.29. The second-order valence-corrected chi connectivity index (χ2v) is 3.06. The van der Waals surface area contributed by atoms with Crippen molar-refractivity contribution in [3.05, 3.63) is 35.9 Å². The summed E-state index contributed by atoms with van der Waals surface area (Å²) in [5.74, 6) is -1.34. The Kier molecular flexibility index (Phi) is 4.10. The van der Waals surface area contributed by atoms with Crippen molar-refractivity contribution >= 4 is 24.1 Å². The van der Waals surface area contributed by atoms with Crippen molar-refractivity contribution < 1.29 is 9.90 Å². The van der Waals surface area contributed by atoms with Gasteiger partial charge in [0.2, 0.25) is 0 Å². The molecule has 0 radical (unpaired) electrons. The average Bonchev–Trinajstić information content (AvgIpc) is 2.29. The lowest BCUT2D eigenvalue weighted by Gasteiger charge is -2.03. The smallest absolute Gasteiger partial charge is 0.358 e. The quantitative estimate of drug-likeness (QED) is 0.603. The number of rotatable bonds is 4. The molecule has 1 heterocycles. The highest BCUT2D eigenvalue weighted by atomic mass is 16.4. The summed E-state index contributed by atoms with van der Waals surface area (Å²) in [6, 6.07) is 0. The number of nitrogen functional groups attached to an aromatic ring is 1. The first-order chi connectivity index (χ1) is 8.10. The van der Waals surface area contributed by atoms with Crippen LogP contribution in [-0.2, 0) is 0 Å². The van der Waals surface area contributed by atoms with Gasteiger partial charge < -0.3 is 10.8 Å². The summed E-state index contributed by atoms with van der Waals surface area (Å²) >= 11 is 0. The number of aromatic nitrogens is 2. The number of nitrogens with two attached hydrogens (primary N) is 1. The number of carboxylic acid groups (broad SMARTS) is 1. The Morgan fingerprint density at radius 3 is 2.88 bits per heavy atom. The van der Waals surface area contributed by atoms with E-state index in [1.807, 2.05) is 6.92 Å². The second-order valence-electron chi connectivity index (χ2n) is 3.06.